The smallest absolute Gasteiger partial charge is 0.267 e. The molecular weight excluding hydrogens is 390 g/mol. The first kappa shape index (κ1) is 18.5. The maximum atomic E-state index is 12.8. The van der Waals surface area contributed by atoms with Crippen LogP contribution in [0.15, 0.2) is 54.6 Å². The molecule has 0 radical (unpaired) electrons. The number of aryl methyl sites for hydroxylation is 1. The molecule has 28 heavy (non-hydrogen) atoms. The Hall–Kier alpha value is -2.89. The van der Waals surface area contributed by atoms with Crippen molar-refractivity contribution in [2.45, 2.75) is 13.8 Å². The summed E-state index contributed by atoms with van der Waals surface area (Å²) in [5.41, 5.74) is 11.3. The number of nitrogens with zero attached hydrogens (tertiary/aromatic N) is 1. The summed E-state index contributed by atoms with van der Waals surface area (Å²) in [5, 5.41) is 4.29. The van der Waals surface area contributed by atoms with E-state index < -0.39 is 0 Å². The van der Waals surface area contributed by atoms with Gasteiger partial charge in [0.1, 0.15) is 9.71 Å². The van der Waals surface area contributed by atoms with Crippen LogP contribution in [0.4, 0.5) is 11.4 Å². The minimum absolute atomic E-state index is 0.261. The van der Waals surface area contributed by atoms with E-state index in [1.165, 1.54) is 16.9 Å². The maximum Gasteiger partial charge on any atom is 0.267 e. The average molecular weight is 408 g/mol. The number of anilines is 2. The van der Waals surface area contributed by atoms with Gasteiger partial charge in [-0.05, 0) is 43.7 Å². The van der Waals surface area contributed by atoms with Crippen molar-refractivity contribution in [2.24, 2.45) is 0 Å². The Bertz CT molecular complexity index is 1200. The van der Waals surface area contributed by atoms with Gasteiger partial charge in [0, 0.05) is 21.7 Å². The molecule has 0 aliphatic carbocycles. The highest BCUT2D eigenvalue weighted by atomic mass is 35.5. The summed E-state index contributed by atoms with van der Waals surface area (Å²) in [6, 6.07) is 17.4. The van der Waals surface area contributed by atoms with E-state index in [1.54, 1.807) is 12.1 Å². The van der Waals surface area contributed by atoms with Crippen molar-refractivity contribution in [3.05, 3.63) is 75.6 Å². The van der Waals surface area contributed by atoms with Gasteiger partial charge in [0.15, 0.2) is 0 Å². The van der Waals surface area contributed by atoms with E-state index in [-0.39, 0.29) is 5.91 Å². The Morgan fingerprint density at radius 2 is 1.82 bits per heavy atom. The number of nitrogen functional groups attached to an aromatic ring is 1. The summed E-state index contributed by atoms with van der Waals surface area (Å²) in [7, 11) is 0. The van der Waals surface area contributed by atoms with Gasteiger partial charge >= 0.3 is 0 Å². The lowest BCUT2D eigenvalue weighted by Gasteiger charge is -2.08. The summed E-state index contributed by atoms with van der Waals surface area (Å²) in [6.07, 6.45) is 0. The Morgan fingerprint density at radius 1 is 1.07 bits per heavy atom. The van der Waals surface area contributed by atoms with E-state index in [0.717, 1.165) is 27.0 Å². The number of aromatic nitrogens is 1. The minimum atomic E-state index is -0.261. The van der Waals surface area contributed by atoms with Crippen LogP contribution in [0.2, 0.25) is 5.02 Å². The number of thiophene rings is 1. The van der Waals surface area contributed by atoms with Crippen LogP contribution < -0.4 is 11.1 Å². The van der Waals surface area contributed by atoms with Crippen LogP contribution in [0.1, 0.15) is 20.8 Å². The molecule has 0 spiro atoms. The molecule has 0 fully saturated rings. The average Bonchev–Trinajstić information content (AvgIpc) is 3.02. The number of rotatable bonds is 3. The Morgan fingerprint density at radius 3 is 2.57 bits per heavy atom. The Kier molecular flexibility index (Phi) is 4.79. The van der Waals surface area contributed by atoms with Crippen molar-refractivity contribution < 1.29 is 4.79 Å². The van der Waals surface area contributed by atoms with Gasteiger partial charge in [0.25, 0.3) is 5.91 Å². The van der Waals surface area contributed by atoms with Crippen LogP contribution in [-0.2, 0) is 0 Å². The number of nitrogens with one attached hydrogen (secondary N) is 1. The molecule has 2 aromatic carbocycles. The maximum absolute atomic E-state index is 12.8. The molecule has 4 rings (SSSR count). The summed E-state index contributed by atoms with van der Waals surface area (Å²) >= 11 is 7.43. The second-order valence-electron chi connectivity index (χ2n) is 6.63. The number of hydrogen-bond acceptors (Lipinski definition) is 4. The Balaban J connectivity index is 1.69. The van der Waals surface area contributed by atoms with Gasteiger partial charge in [-0.25, -0.2) is 4.98 Å². The minimum Gasteiger partial charge on any atom is -0.397 e. The topological polar surface area (TPSA) is 68.0 Å². The lowest BCUT2D eigenvalue weighted by Crippen LogP contribution is -2.12. The fourth-order valence-corrected chi connectivity index (χ4v) is 4.14. The van der Waals surface area contributed by atoms with Crippen LogP contribution in [0.5, 0.6) is 0 Å². The number of carbonyl (C=O) groups excluding carboxylic acids is 1. The number of halogens is 1. The molecule has 0 bridgehead atoms. The van der Waals surface area contributed by atoms with Crippen LogP contribution in [-0.4, -0.2) is 10.9 Å². The molecule has 0 aliphatic heterocycles. The molecule has 2 aromatic heterocycles. The van der Waals surface area contributed by atoms with Crippen LogP contribution in [0.3, 0.4) is 0 Å². The van der Waals surface area contributed by atoms with Crippen molar-refractivity contribution >= 4 is 50.4 Å². The van der Waals surface area contributed by atoms with E-state index in [1.807, 2.05) is 44.2 Å². The molecule has 2 heterocycles. The molecule has 3 N–H and O–H groups in total. The van der Waals surface area contributed by atoms with Gasteiger partial charge in [-0.3, -0.25) is 4.79 Å². The molecule has 4 nitrogen and oxygen atoms in total. The Labute approximate surface area is 172 Å². The first-order valence-corrected chi connectivity index (χ1v) is 9.96. The van der Waals surface area contributed by atoms with Crippen molar-refractivity contribution in [3.63, 3.8) is 0 Å². The molecule has 0 atom stereocenters. The quantitative estimate of drug-likeness (QED) is 0.433. The van der Waals surface area contributed by atoms with Crippen molar-refractivity contribution in [2.75, 3.05) is 11.1 Å². The van der Waals surface area contributed by atoms with Crippen molar-refractivity contribution in [1.82, 2.24) is 4.98 Å². The summed E-state index contributed by atoms with van der Waals surface area (Å²) in [6.45, 7) is 3.91. The number of nitrogens with two attached hydrogens (primary N) is 1. The van der Waals surface area contributed by atoms with Gasteiger partial charge in [0.05, 0.1) is 11.4 Å². The second kappa shape index (κ2) is 7.26. The second-order valence-corrected chi connectivity index (χ2v) is 8.03. The number of hydrogen-bond donors (Lipinski definition) is 2. The van der Waals surface area contributed by atoms with Crippen molar-refractivity contribution in [3.8, 4) is 11.3 Å². The third-order valence-corrected chi connectivity index (χ3v) is 6.19. The number of carbonyl (C=O) groups is 1. The third-order valence-electron chi connectivity index (χ3n) is 4.66. The van der Waals surface area contributed by atoms with E-state index in [9.17, 15) is 4.79 Å². The highest BCUT2D eigenvalue weighted by Gasteiger charge is 2.19. The zero-order chi connectivity index (χ0) is 19.8. The molecule has 0 saturated heterocycles. The standard InChI is InChI=1S/C22H18ClN3OS/c1-12-6-8-14(9-7-12)18-11-10-15-19(24)20(28-22(15)26-18)21(27)25-17-5-3-4-16(23)13(17)2/h3-11H,24H2,1-2H3,(H,25,27). The molecule has 140 valence electrons. The van der Waals surface area contributed by atoms with Gasteiger partial charge in [0.2, 0.25) is 0 Å². The number of amides is 1. The van der Waals surface area contributed by atoms with Gasteiger partial charge in [-0.2, -0.15) is 0 Å². The van der Waals surface area contributed by atoms with E-state index in [0.29, 0.717) is 21.3 Å². The first-order valence-electron chi connectivity index (χ1n) is 8.76. The summed E-state index contributed by atoms with van der Waals surface area (Å²) in [5.74, 6) is -0.261. The SMILES string of the molecule is Cc1ccc(-c2ccc3c(N)c(C(=O)Nc4cccc(Cl)c4C)sc3n2)cc1. The van der Waals surface area contributed by atoms with Gasteiger partial charge in [-0.1, -0.05) is 47.5 Å². The van der Waals surface area contributed by atoms with E-state index >= 15 is 0 Å². The summed E-state index contributed by atoms with van der Waals surface area (Å²) in [4.78, 5) is 18.7. The lowest BCUT2D eigenvalue weighted by atomic mass is 10.1. The molecule has 0 saturated carbocycles. The predicted octanol–water partition coefficient (Wildman–Crippen LogP) is 6.07. The lowest BCUT2D eigenvalue weighted by molar-refractivity contribution is 0.103. The van der Waals surface area contributed by atoms with E-state index in [2.05, 4.69) is 17.4 Å². The summed E-state index contributed by atoms with van der Waals surface area (Å²) < 4.78 is 0. The van der Waals surface area contributed by atoms with Crippen LogP contribution >= 0.6 is 22.9 Å². The van der Waals surface area contributed by atoms with Crippen LogP contribution in [0, 0.1) is 13.8 Å². The third kappa shape index (κ3) is 3.35. The fraction of sp³-hybridized carbons (Fsp3) is 0.0909. The van der Waals surface area contributed by atoms with Crippen molar-refractivity contribution in [1.29, 1.82) is 0 Å². The highest BCUT2D eigenvalue weighted by molar-refractivity contribution is 7.21. The predicted molar refractivity (Wildman–Crippen MR) is 118 cm³/mol. The highest BCUT2D eigenvalue weighted by Crippen LogP contribution is 2.35. The first-order chi connectivity index (χ1) is 13.4. The molecular formula is C22H18ClN3OS. The molecule has 1 amide bonds. The van der Waals surface area contributed by atoms with Gasteiger partial charge in [-0.15, -0.1) is 11.3 Å². The number of pyridine rings is 1. The monoisotopic (exact) mass is 407 g/mol. The van der Waals surface area contributed by atoms with Crippen LogP contribution in [0.25, 0.3) is 21.5 Å². The fourth-order valence-electron chi connectivity index (χ4n) is 2.97. The van der Waals surface area contributed by atoms with Gasteiger partial charge < -0.3 is 11.1 Å². The molecule has 4 aromatic rings. The molecule has 0 unspecified atom stereocenters. The number of fused-ring (bicyclic) bond motifs is 1. The molecule has 0 aliphatic rings. The largest absolute Gasteiger partial charge is 0.397 e. The normalized spacial score (nSPS) is 11.0. The zero-order valence-corrected chi connectivity index (χ0v) is 17.0. The zero-order valence-electron chi connectivity index (χ0n) is 15.4. The molecule has 6 heteroatoms. The van der Waals surface area contributed by atoms with E-state index in [4.69, 9.17) is 22.3 Å². The number of benzene rings is 2.